The van der Waals surface area contributed by atoms with Gasteiger partial charge in [0.1, 0.15) is 6.61 Å². The number of halogens is 1. The average Bonchev–Trinajstić information content (AvgIpc) is 3.03. The van der Waals surface area contributed by atoms with E-state index in [0.717, 1.165) is 48.0 Å². The molecule has 1 aromatic heterocycles. The van der Waals surface area contributed by atoms with Crippen molar-refractivity contribution in [1.29, 1.82) is 0 Å². The van der Waals surface area contributed by atoms with Gasteiger partial charge >= 0.3 is 0 Å². The molecule has 2 aromatic carbocycles. The van der Waals surface area contributed by atoms with Crippen LogP contribution in [0.2, 0.25) is 0 Å². The van der Waals surface area contributed by atoms with Crippen molar-refractivity contribution in [2.45, 2.75) is 37.8 Å². The minimum absolute atomic E-state index is 0.157. The normalized spacial score (nSPS) is 11.9. The highest BCUT2D eigenvalue weighted by Gasteiger charge is 2.17. The van der Waals surface area contributed by atoms with Gasteiger partial charge in [-0.2, -0.15) is 0 Å². The van der Waals surface area contributed by atoms with E-state index < -0.39 is 15.7 Å². The topological polar surface area (TPSA) is 60.3 Å². The van der Waals surface area contributed by atoms with Gasteiger partial charge in [0.15, 0.2) is 21.4 Å². The molecule has 0 aliphatic carbocycles. The van der Waals surface area contributed by atoms with Crippen LogP contribution in [-0.4, -0.2) is 32.8 Å². The zero-order chi connectivity index (χ0) is 21.0. The zero-order valence-corrected chi connectivity index (χ0v) is 17.9. The summed E-state index contributed by atoms with van der Waals surface area (Å²) in [6, 6.07) is 9.72. The number of nitrogens with zero attached hydrogens (tertiary/aromatic N) is 1. The quantitative estimate of drug-likeness (QED) is 0.572. The number of rotatable bonds is 9. The molecule has 0 saturated heterocycles. The molecule has 0 unspecified atom stereocenters. The van der Waals surface area contributed by atoms with Gasteiger partial charge in [-0.15, -0.1) is 0 Å². The minimum Gasteiger partial charge on any atom is -0.485 e. The van der Waals surface area contributed by atoms with Crippen LogP contribution in [0.4, 0.5) is 4.39 Å². The van der Waals surface area contributed by atoms with Crippen LogP contribution >= 0.6 is 0 Å². The van der Waals surface area contributed by atoms with Gasteiger partial charge in [0.05, 0.1) is 10.4 Å². The monoisotopic (exact) mass is 418 g/mol. The number of ether oxygens (including phenoxy) is 1. The Morgan fingerprint density at radius 2 is 1.86 bits per heavy atom. The van der Waals surface area contributed by atoms with E-state index in [2.05, 4.69) is 23.0 Å². The third kappa shape index (κ3) is 4.79. The number of nitrogens with one attached hydrogen (secondary N) is 1. The number of aromatic nitrogens is 1. The first-order chi connectivity index (χ1) is 13.8. The summed E-state index contributed by atoms with van der Waals surface area (Å²) in [6.45, 7) is 3.91. The lowest BCUT2D eigenvalue weighted by molar-refractivity contribution is 0.294. The number of hydrogen-bond acceptors (Lipinski definition) is 4. The van der Waals surface area contributed by atoms with Crippen LogP contribution in [0.25, 0.3) is 10.9 Å². The molecule has 0 aliphatic heterocycles. The number of benzene rings is 2. The van der Waals surface area contributed by atoms with Crippen molar-refractivity contribution in [2.75, 3.05) is 19.8 Å². The van der Waals surface area contributed by atoms with Gasteiger partial charge in [0.2, 0.25) is 0 Å². The summed E-state index contributed by atoms with van der Waals surface area (Å²) in [7, 11) is -1.36. The molecule has 156 valence electrons. The lowest BCUT2D eigenvalue weighted by Gasteiger charge is -2.11. The molecule has 1 heterocycles. The first kappa shape index (κ1) is 21.3. The molecule has 0 amide bonds. The fourth-order valence-electron chi connectivity index (χ4n) is 3.42. The maximum atomic E-state index is 14.7. The lowest BCUT2D eigenvalue weighted by Crippen LogP contribution is -2.10. The molecule has 5 nitrogen and oxygen atoms in total. The number of fused-ring (bicyclic) bond motifs is 1. The standard InChI is InChI=1S/C22H27FN2O3S/c1-4-13-25-14-17(11-12-24-2)21-20(25)10-9-19(23)22(21)28-15-16-5-7-18(8-6-16)29(3,26)27/h5-10,14,24H,4,11-13,15H2,1-3H3. The van der Waals surface area contributed by atoms with Crippen LogP contribution in [0, 0.1) is 5.82 Å². The van der Waals surface area contributed by atoms with E-state index in [9.17, 15) is 12.8 Å². The number of hydrogen-bond donors (Lipinski definition) is 1. The maximum absolute atomic E-state index is 14.7. The molecule has 0 atom stereocenters. The van der Waals surface area contributed by atoms with Gasteiger partial charge in [-0.25, -0.2) is 12.8 Å². The average molecular weight is 419 g/mol. The lowest BCUT2D eigenvalue weighted by atomic mass is 10.1. The van der Waals surface area contributed by atoms with Crippen LogP contribution in [-0.2, 0) is 29.4 Å². The van der Waals surface area contributed by atoms with Crippen molar-refractivity contribution in [2.24, 2.45) is 0 Å². The summed E-state index contributed by atoms with van der Waals surface area (Å²) >= 11 is 0. The van der Waals surface area contributed by atoms with Crippen molar-refractivity contribution >= 4 is 20.7 Å². The molecule has 0 bridgehead atoms. The third-order valence-corrected chi connectivity index (χ3v) is 6.00. The molecular formula is C22H27FN2O3S. The van der Waals surface area contributed by atoms with Crippen LogP contribution < -0.4 is 10.1 Å². The molecule has 7 heteroatoms. The Bertz CT molecular complexity index is 1090. The minimum atomic E-state index is -3.25. The molecule has 29 heavy (non-hydrogen) atoms. The smallest absolute Gasteiger partial charge is 0.175 e. The molecule has 0 aliphatic rings. The van der Waals surface area contributed by atoms with Crippen molar-refractivity contribution in [3.63, 3.8) is 0 Å². The van der Waals surface area contributed by atoms with Gasteiger partial charge in [-0.1, -0.05) is 19.1 Å². The van der Waals surface area contributed by atoms with E-state index in [1.165, 1.54) is 12.3 Å². The fourth-order valence-corrected chi connectivity index (χ4v) is 4.05. The van der Waals surface area contributed by atoms with Gasteiger partial charge in [0.25, 0.3) is 0 Å². The summed E-state index contributed by atoms with van der Waals surface area (Å²) in [6.07, 6.45) is 5.00. The van der Waals surface area contributed by atoms with Crippen molar-refractivity contribution < 1.29 is 17.5 Å². The Labute approximate surface area is 171 Å². The highest BCUT2D eigenvalue weighted by Crippen LogP contribution is 2.34. The van der Waals surface area contributed by atoms with Gasteiger partial charge in [-0.05, 0) is 61.8 Å². The summed E-state index contributed by atoms with van der Waals surface area (Å²) in [5.74, 6) is -0.152. The van der Waals surface area contributed by atoms with E-state index in [0.29, 0.717) is 0 Å². The summed E-state index contributed by atoms with van der Waals surface area (Å²) in [5.41, 5.74) is 2.78. The van der Waals surface area contributed by atoms with E-state index in [-0.39, 0.29) is 17.3 Å². The van der Waals surface area contributed by atoms with Crippen LogP contribution in [0.5, 0.6) is 5.75 Å². The molecule has 0 spiro atoms. The van der Waals surface area contributed by atoms with Crippen molar-refractivity contribution in [3.8, 4) is 5.75 Å². The Morgan fingerprint density at radius 3 is 2.48 bits per heavy atom. The Balaban J connectivity index is 1.94. The van der Waals surface area contributed by atoms with Crippen molar-refractivity contribution in [1.82, 2.24) is 9.88 Å². The van der Waals surface area contributed by atoms with Crippen LogP contribution in [0.1, 0.15) is 24.5 Å². The van der Waals surface area contributed by atoms with Crippen molar-refractivity contribution in [3.05, 3.63) is 59.5 Å². The highest BCUT2D eigenvalue weighted by molar-refractivity contribution is 7.90. The largest absolute Gasteiger partial charge is 0.485 e. The molecule has 3 rings (SSSR count). The second kappa shape index (κ2) is 8.97. The molecule has 0 radical (unpaired) electrons. The fraction of sp³-hybridized carbons (Fsp3) is 0.364. The Kier molecular flexibility index (Phi) is 6.59. The zero-order valence-electron chi connectivity index (χ0n) is 17.0. The SMILES string of the molecule is CCCn1cc(CCNC)c2c(OCc3ccc(S(C)(=O)=O)cc3)c(F)ccc21. The summed E-state index contributed by atoms with van der Waals surface area (Å²) < 4.78 is 46.0. The Hall–Kier alpha value is -2.38. The first-order valence-corrected chi connectivity index (χ1v) is 11.6. The second-order valence-corrected chi connectivity index (χ2v) is 9.19. The molecule has 0 saturated carbocycles. The predicted molar refractivity (Wildman–Crippen MR) is 114 cm³/mol. The van der Waals surface area contributed by atoms with E-state index in [4.69, 9.17) is 4.74 Å². The van der Waals surface area contributed by atoms with E-state index in [1.807, 2.05) is 7.05 Å². The van der Waals surface area contributed by atoms with Gasteiger partial charge in [-0.3, -0.25) is 0 Å². The van der Waals surface area contributed by atoms with E-state index in [1.54, 1.807) is 30.3 Å². The molecule has 3 aromatic rings. The summed E-state index contributed by atoms with van der Waals surface area (Å²) in [5, 5.41) is 3.95. The van der Waals surface area contributed by atoms with Crippen LogP contribution in [0.3, 0.4) is 0 Å². The molecular weight excluding hydrogens is 391 g/mol. The maximum Gasteiger partial charge on any atom is 0.175 e. The molecule has 1 N–H and O–H groups in total. The highest BCUT2D eigenvalue weighted by atomic mass is 32.2. The summed E-state index contributed by atoms with van der Waals surface area (Å²) in [4.78, 5) is 0.250. The number of sulfone groups is 1. The predicted octanol–water partition coefficient (Wildman–Crippen LogP) is 3.93. The first-order valence-electron chi connectivity index (χ1n) is 9.71. The van der Waals surface area contributed by atoms with Gasteiger partial charge < -0.3 is 14.6 Å². The van der Waals surface area contributed by atoms with Gasteiger partial charge in [0, 0.05) is 24.4 Å². The Morgan fingerprint density at radius 1 is 1.14 bits per heavy atom. The van der Waals surface area contributed by atoms with Crippen LogP contribution in [0.15, 0.2) is 47.5 Å². The van der Waals surface area contributed by atoms with E-state index >= 15 is 0 Å². The molecule has 0 fully saturated rings. The number of likely N-dealkylation sites (N-methyl/N-ethyl adjacent to an activating group) is 1. The number of aryl methyl sites for hydroxylation is 1. The third-order valence-electron chi connectivity index (χ3n) is 4.87. The second-order valence-electron chi connectivity index (χ2n) is 7.18.